The van der Waals surface area contributed by atoms with Gasteiger partial charge in [-0.3, -0.25) is 0 Å². The Kier molecular flexibility index (Phi) is 24.6. The molecule has 5 heterocycles. The second kappa shape index (κ2) is 32.9. The van der Waals surface area contributed by atoms with Crippen LogP contribution in [0.4, 0.5) is 0 Å². The van der Waals surface area contributed by atoms with Gasteiger partial charge in [-0.25, -0.2) is 0 Å². The lowest BCUT2D eigenvalue weighted by Crippen LogP contribution is -2.66. The lowest BCUT2D eigenvalue weighted by molar-refractivity contribution is -0.377. The van der Waals surface area contributed by atoms with Crippen LogP contribution in [0.2, 0.25) is 16.6 Å². The van der Waals surface area contributed by atoms with Crippen LogP contribution in [0.3, 0.4) is 0 Å². The summed E-state index contributed by atoms with van der Waals surface area (Å²) in [5, 5.41) is 12.2. The molecule has 5 saturated heterocycles. The van der Waals surface area contributed by atoms with E-state index in [0.717, 1.165) is 33.4 Å². The molecule has 0 aliphatic carbocycles. The first kappa shape index (κ1) is 70.2. The van der Waals surface area contributed by atoms with E-state index < -0.39 is 125 Å². The molecule has 0 spiro atoms. The molecule has 1 N–H and O–H groups in total. The molecule has 18 atom stereocenters. The van der Waals surface area contributed by atoms with Crippen molar-refractivity contribution in [2.45, 2.75) is 242 Å². The number of fused-ring (bicyclic) bond motifs is 1. The molecule has 5 aliphatic heterocycles. The van der Waals surface area contributed by atoms with E-state index in [1.54, 1.807) is 0 Å². The molecule has 17 nitrogen and oxygen atoms in total. The summed E-state index contributed by atoms with van der Waals surface area (Å²) in [7, 11) is -2.66. The van der Waals surface area contributed by atoms with Gasteiger partial charge in [-0.05, 0) is 77.7 Å². The Bertz CT molecular complexity index is 3130. The molecule has 6 aromatic rings. The molecule has 0 saturated carbocycles. The van der Waals surface area contributed by atoms with Crippen LogP contribution < -0.4 is 0 Å². The van der Waals surface area contributed by atoms with Crippen LogP contribution in [-0.2, 0) is 115 Å². The number of rotatable bonds is 29. The van der Waals surface area contributed by atoms with Gasteiger partial charge in [0.25, 0.3) is 0 Å². The molecule has 11 rings (SSSR count). The molecule has 0 bridgehead atoms. The Labute approximate surface area is 556 Å². The zero-order valence-electron chi connectivity index (χ0n) is 56.1. The zero-order valence-corrected chi connectivity index (χ0v) is 57.1. The highest BCUT2D eigenvalue weighted by atomic mass is 28.4. The second-order valence-electron chi connectivity index (χ2n) is 26.8. The van der Waals surface area contributed by atoms with Gasteiger partial charge in [-0.15, -0.1) is 0 Å². The average molecular weight is 1310 g/mol. The smallest absolute Gasteiger partial charge is 0.203 e. The van der Waals surface area contributed by atoms with E-state index in [1.165, 1.54) is 0 Å². The predicted octanol–water partition coefficient (Wildman–Crippen LogP) is 12.9. The number of benzene rings is 6. The highest BCUT2D eigenvalue weighted by Crippen LogP contribution is 2.47. The van der Waals surface area contributed by atoms with Crippen LogP contribution in [0.15, 0.2) is 182 Å². The van der Waals surface area contributed by atoms with E-state index in [4.69, 9.17) is 75.5 Å². The Morgan fingerprint density at radius 3 is 1.13 bits per heavy atom. The lowest BCUT2D eigenvalue weighted by atomic mass is 9.97. The molecular formula is C76H98O17Si. The van der Waals surface area contributed by atoms with Crippen molar-refractivity contribution in [3.05, 3.63) is 215 Å². The zero-order chi connectivity index (χ0) is 65.8. The summed E-state index contributed by atoms with van der Waals surface area (Å²) in [6.45, 7) is 22.4. The van der Waals surface area contributed by atoms with Crippen molar-refractivity contribution in [3.8, 4) is 0 Å². The molecule has 508 valence electrons. The first-order chi connectivity index (χ1) is 45.5. The van der Waals surface area contributed by atoms with E-state index in [1.807, 2.05) is 210 Å². The minimum Gasteiger partial charge on any atom is -0.389 e. The second-order valence-corrected chi connectivity index (χ2v) is 32.2. The van der Waals surface area contributed by atoms with Gasteiger partial charge >= 0.3 is 0 Å². The minimum atomic E-state index is -2.66. The third kappa shape index (κ3) is 17.4. The number of aliphatic hydroxyl groups excluding tert-OH is 1. The molecule has 6 aromatic carbocycles. The third-order valence-electron chi connectivity index (χ3n) is 18.7. The fourth-order valence-electron chi connectivity index (χ4n) is 14.0. The molecule has 8 unspecified atom stereocenters. The molecule has 94 heavy (non-hydrogen) atoms. The SMILES string of the molecule is CC(C)[Si](O[C@@H]1O[C@H](C)[C@H](O)C(OCc2ccccc2)C1O[C@@H]1O[C@H](C)[C@H](O[C@@H]2OC[C@@H](OCc3ccccc3)C(O[C@@H]3OC[C@@H](OCc4ccccc4)C(OCc4ccccc4)C3OCc3ccccc3)C2OCc2ccccc2)C2OC(C)(C)OC21)(C(C)C)C(C)C. The lowest BCUT2D eigenvalue weighted by Gasteiger charge is -2.51. The summed E-state index contributed by atoms with van der Waals surface area (Å²) < 4.78 is 113. The van der Waals surface area contributed by atoms with Gasteiger partial charge in [0.15, 0.2) is 30.9 Å². The van der Waals surface area contributed by atoms with Gasteiger partial charge < -0.3 is 80.6 Å². The molecular weight excluding hydrogens is 1210 g/mol. The first-order valence-electron chi connectivity index (χ1n) is 33.7. The maximum Gasteiger partial charge on any atom is 0.203 e. The normalized spacial score (nSPS) is 31.2. The predicted molar refractivity (Wildman–Crippen MR) is 355 cm³/mol. The van der Waals surface area contributed by atoms with E-state index >= 15 is 0 Å². The fourth-order valence-corrected chi connectivity index (χ4v) is 19.5. The molecule has 18 heteroatoms. The Hall–Kier alpha value is -5.14. The van der Waals surface area contributed by atoms with E-state index in [0.29, 0.717) is 6.61 Å². The van der Waals surface area contributed by atoms with Crippen molar-refractivity contribution in [2.75, 3.05) is 13.2 Å². The molecule has 0 radical (unpaired) electrons. The molecule has 5 fully saturated rings. The summed E-state index contributed by atoms with van der Waals surface area (Å²) in [6.07, 6.45) is -15.9. The van der Waals surface area contributed by atoms with E-state index in [-0.39, 0.29) is 62.9 Å². The van der Waals surface area contributed by atoms with Crippen molar-refractivity contribution in [1.82, 2.24) is 0 Å². The van der Waals surface area contributed by atoms with Gasteiger partial charge in [0.05, 0.1) is 65.1 Å². The Balaban J connectivity index is 0.924. The monoisotopic (exact) mass is 1310 g/mol. The van der Waals surface area contributed by atoms with Crippen LogP contribution >= 0.6 is 0 Å². The summed E-state index contributed by atoms with van der Waals surface area (Å²) >= 11 is 0. The van der Waals surface area contributed by atoms with Crippen LogP contribution in [0.1, 0.15) is 103 Å². The van der Waals surface area contributed by atoms with Crippen LogP contribution in [0.5, 0.6) is 0 Å². The van der Waals surface area contributed by atoms with Crippen molar-refractivity contribution in [2.24, 2.45) is 0 Å². The van der Waals surface area contributed by atoms with Gasteiger partial charge in [-0.2, -0.15) is 0 Å². The topological polar surface area (TPSA) is 168 Å². The van der Waals surface area contributed by atoms with Gasteiger partial charge in [0.2, 0.25) is 8.32 Å². The summed E-state index contributed by atoms with van der Waals surface area (Å²) in [6, 6.07) is 59.9. The third-order valence-corrected chi connectivity index (χ3v) is 24.8. The number of aliphatic hydroxyl groups is 1. The highest BCUT2D eigenvalue weighted by Gasteiger charge is 2.61. The number of hydrogen-bond donors (Lipinski definition) is 1. The maximum atomic E-state index is 12.2. The fraction of sp³-hybridized carbons (Fsp3) is 0.526. The van der Waals surface area contributed by atoms with Gasteiger partial charge in [0.1, 0.15) is 73.2 Å². The van der Waals surface area contributed by atoms with Crippen molar-refractivity contribution >= 4 is 8.32 Å². The average Bonchev–Trinajstić information content (AvgIpc) is 1.37. The van der Waals surface area contributed by atoms with Crippen LogP contribution in [0, 0.1) is 0 Å². The van der Waals surface area contributed by atoms with E-state index in [9.17, 15) is 5.11 Å². The maximum absolute atomic E-state index is 12.2. The highest BCUT2D eigenvalue weighted by molar-refractivity contribution is 6.77. The Morgan fingerprint density at radius 1 is 0.383 bits per heavy atom. The Morgan fingerprint density at radius 2 is 0.713 bits per heavy atom. The van der Waals surface area contributed by atoms with Gasteiger partial charge in [-0.1, -0.05) is 224 Å². The quantitative estimate of drug-likeness (QED) is 0.0440. The molecule has 5 aliphatic rings. The largest absolute Gasteiger partial charge is 0.389 e. The van der Waals surface area contributed by atoms with Crippen molar-refractivity contribution in [1.29, 1.82) is 0 Å². The summed E-state index contributed by atoms with van der Waals surface area (Å²) in [4.78, 5) is 0. The van der Waals surface area contributed by atoms with Crippen molar-refractivity contribution < 1.29 is 80.6 Å². The first-order valence-corrected chi connectivity index (χ1v) is 35.8. The van der Waals surface area contributed by atoms with Crippen LogP contribution in [-0.4, -0.2) is 143 Å². The summed E-state index contributed by atoms with van der Waals surface area (Å²) in [5.74, 6) is -1.13. The number of hydrogen-bond acceptors (Lipinski definition) is 17. The molecule has 0 aromatic heterocycles. The minimum absolute atomic E-state index is 0.0269. The van der Waals surface area contributed by atoms with Gasteiger partial charge in [0, 0.05) is 0 Å². The standard InChI is InChI=1S/C76H98O17Si/c1-49(2)94(50(3)4,51(5)6)93-75-70(66(62(77)52(7)86-75)81-44-57-35-23-14-24-36-57)90-74-71-67(91-76(9,10)92-71)63(53(8)87-74)88-73-69(83-46-59-39-27-16-28-40-59)65(61(48-85-73)79-42-55-31-19-12-20-32-55)89-72-68(82-45-58-37-25-15-26-38-58)64(80-43-56-33-21-13-22-34-56)60(47-84-72)78-41-54-29-17-11-18-30-54/h11-40,49-53,60-75,77H,41-48H2,1-10H3/t52-,53-,60-,61-,62+,63+,64?,65?,66?,67?,68?,69?,70?,71?,72+,73+,74+,75+/m1/s1. The van der Waals surface area contributed by atoms with Crippen molar-refractivity contribution in [3.63, 3.8) is 0 Å². The van der Waals surface area contributed by atoms with E-state index in [2.05, 4.69) is 41.5 Å². The van der Waals surface area contributed by atoms with Crippen LogP contribution in [0.25, 0.3) is 0 Å². The number of ether oxygens (including phenoxy) is 15. The molecule has 0 amide bonds. The summed E-state index contributed by atoms with van der Waals surface area (Å²) in [5.41, 5.74) is 6.38.